The predicted molar refractivity (Wildman–Crippen MR) is 73.3 cm³/mol. The van der Waals surface area contributed by atoms with E-state index in [1.807, 2.05) is 6.07 Å². The molecule has 0 saturated carbocycles. The summed E-state index contributed by atoms with van der Waals surface area (Å²) in [6.07, 6.45) is -0.415. The van der Waals surface area contributed by atoms with Gasteiger partial charge in [-0.3, -0.25) is 0 Å². The summed E-state index contributed by atoms with van der Waals surface area (Å²) in [5, 5.41) is 8.57. The number of hydrogen-bond donors (Lipinski definition) is 1. The average molecular weight is 298 g/mol. The Balaban J connectivity index is 2.86. The van der Waals surface area contributed by atoms with Gasteiger partial charge in [-0.1, -0.05) is 12.1 Å². The molecule has 0 aliphatic heterocycles. The Kier molecular flexibility index (Phi) is 6.10. The Morgan fingerprint density at radius 3 is 2.25 bits per heavy atom. The van der Waals surface area contributed by atoms with Gasteiger partial charge in [0.2, 0.25) is 10.0 Å². The Morgan fingerprint density at radius 1 is 1.25 bits per heavy atom. The number of nitrogens with one attached hydrogen (secondary N) is 1. The summed E-state index contributed by atoms with van der Waals surface area (Å²) in [5.41, 5.74) is 0.770. The zero-order chi connectivity index (χ0) is 15.2. The monoisotopic (exact) mass is 298 g/mol. The van der Waals surface area contributed by atoms with E-state index in [4.69, 9.17) is 14.7 Å². The normalized spacial score (nSPS) is 13.2. The minimum Gasteiger partial charge on any atom is -0.354 e. The van der Waals surface area contributed by atoms with Crippen molar-refractivity contribution in [3.05, 3.63) is 29.8 Å². The van der Waals surface area contributed by atoms with Gasteiger partial charge in [-0.25, -0.2) is 13.1 Å². The summed E-state index contributed by atoms with van der Waals surface area (Å²) in [4.78, 5) is 0.136. The van der Waals surface area contributed by atoms with Gasteiger partial charge in [0.1, 0.15) is 0 Å². The third-order valence-electron chi connectivity index (χ3n) is 2.73. The quantitative estimate of drug-likeness (QED) is 0.760. The fourth-order valence-corrected chi connectivity index (χ4v) is 2.98. The molecule has 0 heterocycles. The van der Waals surface area contributed by atoms with Crippen molar-refractivity contribution in [1.82, 2.24) is 4.72 Å². The lowest BCUT2D eigenvalue weighted by Crippen LogP contribution is -2.42. The Hall–Kier alpha value is -1.46. The van der Waals surface area contributed by atoms with Gasteiger partial charge in [0, 0.05) is 14.2 Å². The number of nitrogens with zero attached hydrogens (tertiary/aromatic N) is 1. The Bertz CT molecular complexity index is 559. The lowest BCUT2D eigenvalue weighted by Gasteiger charge is -2.22. The number of nitriles is 1. The summed E-state index contributed by atoms with van der Waals surface area (Å²) in [5.74, 6) is 0. The first-order valence-corrected chi connectivity index (χ1v) is 7.46. The maximum atomic E-state index is 12.2. The van der Waals surface area contributed by atoms with E-state index in [0.717, 1.165) is 5.56 Å². The molecule has 0 bridgehead atoms. The fraction of sp³-hybridized carbons (Fsp3) is 0.462. The van der Waals surface area contributed by atoms with Crippen LogP contribution in [-0.4, -0.2) is 35.0 Å². The molecular formula is C13H18N2O4S. The number of rotatable bonds is 7. The molecule has 0 spiro atoms. The number of benzene rings is 1. The fourth-order valence-electron chi connectivity index (χ4n) is 1.75. The lowest BCUT2D eigenvalue weighted by atomic mass is 10.2. The molecular weight excluding hydrogens is 280 g/mol. The van der Waals surface area contributed by atoms with Gasteiger partial charge in [-0.05, 0) is 24.6 Å². The van der Waals surface area contributed by atoms with Crippen LogP contribution < -0.4 is 4.72 Å². The second-order valence-corrected chi connectivity index (χ2v) is 5.94. The largest absolute Gasteiger partial charge is 0.354 e. The second kappa shape index (κ2) is 7.36. The van der Waals surface area contributed by atoms with Crippen LogP contribution in [0.3, 0.4) is 0 Å². The molecule has 1 aromatic carbocycles. The van der Waals surface area contributed by atoms with Gasteiger partial charge >= 0.3 is 0 Å². The van der Waals surface area contributed by atoms with Crippen LogP contribution in [0.5, 0.6) is 0 Å². The first kappa shape index (κ1) is 16.6. The summed E-state index contributed by atoms with van der Waals surface area (Å²) in [6, 6.07) is 7.65. The average Bonchev–Trinajstić information content (AvgIpc) is 2.40. The zero-order valence-corrected chi connectivity index (χ0v) is 12.5. The van der Waals surface area contributed by atoms with Crippen LogP contribution in [0.2, 0.25) is 0 Å². The summed E-state index contributed by atoms with van der Waals surface area (Å²) >= 11 is 0. The van der Waals surface area contributed by atoms with Gasteiger partial charge in [0.15, 0.2) is 6.29 Å². The third kappa shape index (κ3) is 4.28. The highest BCUT2D eigenvalue weighted by molar-refractivity contribution is 7.89. The number of methoxy groups -OCH3 is 2. The van der Waals surface area contributed by atoms with Crippen molar-refractivity contribution in [2.45, 2.75) is 30.6 Å². The zero-order valence-electron chi connectivity index (χ0n) is 11.7. The number of sulfonamides is 1. The number of ether oxygens (including phenoxy) is 2. The first-order valence-electron chi connectivity index (χ1n) is 5.98. The van der Waals surface area contributed by atoms with Crippen molar-refractivity contribution in [2.24, 2.45) is 0 Å². The smallest absolute Gasteiger partial charge is 0.240 e. The molecule has 0 amide bonds. The van der Waals surface area contributed by atoms with E-state index in [-0.39, 0.29) is 11.3 Å². The molecule has 0 saturated heterocycles. The second-order valence-electron chi connectivity index (χ2n) is 4.23. The SMILES string of the molecule is COC(OC)C(C)NS(=O)(=O)c1ccc(CC#N)cc1. The van der Waals surface area contributed by atoms with E-state index in [2.05, 4.69) is 4.72 Å². The van der Waals surface area contributed by atoms with Crippen molar-refractivity contribution in [3.8, 4) is 6.07 Å². The molecule has 1 aromatic rings. The minimum atomic E-state index is -3.65. The summed E-state index contributed by atoms with van der Waals surface area (Å²) < 4.78 is 36.8. The van der Waals surface area contributed by atoms with Crippen LogP contribution >= 0.6 is 0 Å². The van der Waals surface area contributed by atoms with Crippen LogP contribution in [0.1, 0.15) is 12.5 Å². The van der Waals surface area contributed by atoms with Gasteiger partial charge in [0.25, 0.3) is 0 Å². The maximum Gasteiger partial charge on any atom is 0.240 e. The van der Waals surface area contributed by atoms with E-state index >= 15 is 0 Å². The third-order valence-corrected chi connectivity index (χ3v) is 4.31. The molecule has 0 aliphatic rings. The molecule has 0 aliphatic carbocycles. The van der Waals surface area contributed by atoms with Crippen molar-refractivity contribution in [3.63, 3.8) is 0 Å². The van der Waals surface area contributed by atoms with Crippen molar-refractivity contribution in [1.29, 1.82) is 5.26 Å². The predicted octanol–water partition coefficient (Wildman–Crippen LogP) is 1.04. The first-order chi connectivity index (χ1) is 9.44. The summed E-state index contributed by atoms with van der Waals surface area (Å²) in [6.45, 7) is 1.65. The molecule has 20 heavy (non-hydrogen) atoms. The van der Waals surface area contributed by atoms with E-state index in [9.17, 15) is 8.42 Å². The van der Waals surface area contributed by atoms with Crippen LogP contribution in [0, 0.1) is 11.3 Å². The molecule has 110 valence electrons. The van der Waals surface area contributed by atoms with Gasteiger partial charge in [-0.2, -0.15) is 5.26 Å². The molecule has 1 unspecified atom stereocenters. The van der Waals surface area contributed by atoms with Crippen molar-refractivity contribution >= 4 is 10.0 Å². The molecule has 1 N–H and O–H groups in total. The van der Waals surface area contributed by atoms with Crippen LogP contribution in [0.25, 0.3) is 0 Å². The molecule has 1 atom stereocenters. The maximum absolute atomic E-state index is 12.2. The molecule has 7 heteroatoms. The molecule has 1 rings (SSSR count). The van der Waals surface area contributed by atoms with Crippen molar-refractivity contribution < 1.29 is 17.9 Å². The topological polar surface area (TPSA) is 88.4 Å². The van der Waals surface area contributed by atoms with E-state index in [0.29, 0.717) is 0 Å². The molecule has 0 fully saturated rings. The van der Waals surface area contributed by atoms with Crippen LogP contribution in [-0.2, 0) is 25.9 Å². The van der Waals surface area contributed by atoms with Gasteiger partial charge in [0.05, 0.1) is 23.4 Å². The van der Waals surface area contributed by atoms with Crippen molar-refractivity contribution in [2.75, 3.05) is 14.2 Å². The Morgan fingerprint density at radius 2 is 1.80 bits per heavy atom. The van der Waals surface area contributed by atoms with Gasteiger partial charge < -0.3 is 9.47 Å². The number of hydrogen-bond acceptors (Lipinski definition) is 5. The molecule has 0 radical (unpaired) electrons. The van der Waals surface area contributed by atoms with E-state index < -0.39 is 22.4 Å². The highest BCUT2D eigenvalue weighted by Gasteiger charge is 2.23. The lowest BCUT2D eigenvalue weighted by molar-refractivity contribution is -0.115. The highest BCUT2D eigenvalue weighted by Crippen LogP contribution is 2.12. The standard InChI is InChI=1S/C13H18N2O4S/c1-10(13(18-2)19-3)15-20(16,17)12-6-4-11(5-7-12)8-9-14/h4-7,10,13,15H,8H2,1-3H3. The van der Waals surface area contributed by atoms with Gasteiger partial charge in [-0.15, -0.1) is 0 Å². The molecule has 6 nitrogen and oxygen atoms in total. The van der Waals surface area contributed by atoms with Crippen LogP contribution in [0.15, 0.2) is 29.2 Å². The minimum absolute atomic E-state index is 0.136. The highest BCUT2D eigenvalue weighted by atomic mass is 32.2. The molecule has 0 aromatic heterocycles. The Labute approximate surface area is 119 Å². The van der Waals surface area contributed by atoms with E-state index in [1.165, 1.54) is 26.4 Å². The summed E-state index contributed by atoms with van der Waals surface area (Å²) in [7, 11) is -0.769. The van der Waals surface area contributed by atoms with Crippen LogP contribution in [0.4, 0.5) is 0 Å². The van der Waals surface area contributed by atoms with E-state index in [1.54, 1.807) is 19.1 Å².